The van der Waals surface area contributed by atoms with Crippen LogP contribution in [-0.2, 0) is 7.05 Å². The lowest BCUT2D eigenvalue weighted by atomic mass is 10.1. The first-order valence-corrected chi connectivity index (χ1v) is 10.8. The summed E-state index contributed by atoms with van der Waals surface area (Å²) in [6.07, 6.45) is 5.43. The molecule has 0 fully saturated rings. The second kappa shape index (κ2) is 9.38. The number of rotatable bonds is 5. The quantitative estimate of drug-likeness (QED) is 0.389. The Morgan fingerprint density at radius 3 is 2.29 bits per heavy atom. The van der Waals surface area contributed by atoms with E-state index in [1.54, 1.807) is 12.1 Å². The highest BCUT2D eigenvalue weighted by atomic mass is 16.1. The van der Waals surface area contributed by atoms with Crippen molar-refractivity contribution < 1.29 is 4.79 Å². The van der Waals surface area contributed by atoms with Gasteiger partial charge >= 0.3 is 0 Å². The van der Waals surface area contributed by atoms with Gasteiger partial charge in [-0.15, -0.1) is 0 Å². The number of nitrogens with one attached hydrogen (secondary N) is 2. The SMILES string of the molecule is Cn1ccc(=Nc2ccc(NC(=O)c3ccc(Nc4ncnc5ccccc45)cc3)cc2)cc1. The van der Waals surface area contributed by atoms with Gasteiger partial charge in [0.2, 0.25) is 0 Å². The van der Waals surface area contributed by atoms with Gasteiger partial charge in [-0.1, -0.05) is 12.1 Å². The van der Waals surface area contributed by atoms with Gasteiger partial charge in [-0.3, -0.25) is 4.79 Å². The zero-order valence-electron chi connectivity index (χ0n) is 18.5. The first kappa shape index (κ1) is 21.1. The maximum Gasteiger partial charge on any atom is 0.255 e. The Bertz CT molecular complexity index is 1500. The molecule has 1 amide bonds. The van der Waals surface area contributed by atoms with Gasteiger partial charge in [-0.05, 0) is 72.8 Å². The molecule has 7 nitrogen and oxygen atoms in total. The molecule has 0 spiro atoms. The number of benzene rings is 3. The molecule has 5 aromatic rings. The Morgan fingerprint density at radius 1 is 0.824 bits per heavy atom. The van der Waals surface area contributed by atoms with Crippen LogP contribution in [0.1, 0.15) is 10.4 Å². The highest BCUT2D eigenvalue weighted by molar-refractivity contribution is 6.04. The minimum Gasteiger partial charge on any atom is -0.357 e. The normalized spacial score (nSPS) is 10.6. The highest BCUT2D eigenvalue weighted by Gasteiger charge is 2.08. The van der Waals surface area contributed by atoms with Crippen molar-refractivity contribution in [2.45, 2.75) is 0 Å². The van der Waals surface area contributed by atoms with E-state index in [9.17, 15) is 4.79 Å². The first-order chi connectivity index (χ1) is 16.6. The summed E-state index contributed by atoms with van der Waals surface area (Å²) in [5.41, 5.74) is 3.79. The molecule has 0 aliphatic heterocycles. The lowest BCUT2D eigenvalue weighted by Gasteiger charge is -2.09. The van der Waals surface area contributed by atoms with Crippen molar-refractivity contribution in [1.82, 2.24) is 14.5 Å². The smallest absolute Gasteiger partial charge is 0.255 e. The predicted octanol–water partition coefficient (Wildman–Crippen LogP) is 5.20. The van der Waals surface area contributed by atoms with Crippen molar-refractivity contribution in [3.63, 3.8) is 0 Å². The van der Waals surface area contributed by atoms with E-state index < -0.39 is 0 Å². The molecule has 7 heteroatoms. The maximum absolute atomic E-state index is 12.7. The number of aryl methyl sites for hydroxylation is 1. The maximum atomic E-state index is 12.7. The average molecular weight is 447 g/mol. The third-order valence-corrected chi connectivity index (χ3v) is 5.30. The van der Waals surface area contributed by atoms with Crippen LogP contribution in [-0.4, -0.2) is 20.4 Å². The molecule has 2 aromatic heterocycles. The summed E-state index contributed by atoms with van der Waals surface area (Å²) in [6, 6.07) is 26.4. The van der Waals surface area contributed by atoms with Gasteiger partial charge < -0.3 is 15.2 Å². The van der Waals surface area contributed by atoms with Gasteiger partial charge in [0, 0.05) is 41.8 Å². The number of carbonyl (C=O) groups excluding carboxylic acids is 1. The summed E-state index contributed by atoms with van der Waals surface area (Å²) in [6.45, 7) is 0. The number of pyridine rings is 1. The molecule has 0 aliphatic carbocycles. The Kier molecular flexibility index (Phi) is 5.82. The number of nitrogens with zero attached hydrogens (tertiary/aromatic N) is 4. The molecule has 0 atom stereocenters. The Labute approximate surface area is 196 Å². The number of amides is 1. The Balaban J connectivity index is 1.25. The van der Waals surface area contributed by atoms with Gasteiger partial charge in [0.25, 0.3) is 5.91 Å². The average Bonchev–Trinajstić information content (AvgIpc) is 2.87. The number of hydrogen-bond acceptors (Lipinski definition) is 5. The highest BCUT2D eigenvalue weighted by Crippen LogP contribution is 2.23. The zero-order valence-corrected chi connectivity index (χ0v) is 18.5. The fourth-order valence-corrected chi connectivity index (χ4v) is 3.49. The van der Waals surface area contributed by atoms with E-state index in [0.29, 0.717) is 11.3 Å². The second-order valence-corrected chi connectivity index (χ2v) is 7.78. The molecule has 2 heterocycles. The van der Waals surface area contributed by atoms with Crippen LogP contribution >= 0.6 is 0 Å². The fraction of sp³-hybridized carbons (Fsp3) is 0.0370. The molecule has 34 heavy (non-hydrogen) atoms. The fourth-order valence-electron chi connectivity index (χ4n) is 3.49. The predicted molar refractivity (Wildman–Crippen MR) is 134 cm³/mol. The van der Waals surface area contributed by atoms with Crippen molar-refractivity contribution in [2.75, 3.05) is 10.6 Å². The van der Waals surface area contributed by atoms with Gasteiger partial charge in [-0.2, -0.15) is 0 Å². The van der Waals surface area contributed by atoms with E-state index >= 15 is 0 Å². The number of para-hydroxylation sites is 1. The lowest BCUT2D eigenvalue weighted by molar-refractivity contribution is 0.102. The van der Waals surface area contributed by atoms with Crippen molar-refractivity contribution in [3.05, 3.63) is 115 Å². The van der Waals surface area contributed by atoms with Crippen LogP contribution in [0.25, 0.3) is 10.9 Å². The molecule has 0 saturated carbocycles. The zero-order chi connectivity index (χ0) is 23.3. The van der Waals surface area contributed by atoms with Crippen molar-refractivity contribution in [2.24, 2.45) is 12.0 Å². The molecule has 0 aliphatic rings. The third kappa shape index (κ3) is 4.83. The topological polar surface area (TPSA) is 84.2 Å². The minimum atomic E-state index is -0.181. The van der Waals surface area contributed by atoms with Crippen LogP contribution in [0.3, 0.4) is 0 Å². The summed E-state index contributed by atoms with van der Waals surface area (Å²) in [5.74, 6) is 0.539. The van der Waals surface area contributed by atoms with Gasteiger partial charge in [-0.25, -0.2) is 15.0 Å². The number of aromatic nitrogens is 3. The van der Waals surface area contributed by atoms with E-state index in [4.69, 9.17) is 0 Å². The van der Waals surface area contributed by atoms with Gasteiger partial charge in [0.1, 0.15) is 12.1 Å². The summed E-state index contributed by atoms with van der Waals surface area (Å²) in [4.78, 5) is 25.9. The monoisotopic (exact) mass is 446 g/mol. The van der Waals surface area contributed by atoms with E-state index in [1.165, 1.54) is 6.33 Å². The standard InChI is InChI=1S/C27H22N6O/c1-33-16-14-23(15-17-33)30-20-10-12-22(13-11-20)32-27(34)19-6-8-21(9-7-19)31-26-24-4-2-3-5-25(24)28-18-29-26/h2-18H,1H3,(H,32,34)(H,28,29,31). The molecular weight excluding hydrogens is 424 g/mol. The molecule has 2 N–H and O–H groups in total. The number of hydrogen-bond donors (Lipinski definition) is 2. The van der Waals surface area contributed by atoms with Gasteiger partial charge in [0.05, 0.1) is 16.6 Å². The minimum absolute atomic E-state index is 0.181. The molecule has 0 bridgehead atoms. The summed E-state index contributed by atoms with van der Waals surface area (Å²) >= 11 is 0. The number of anilines is 3. The van der Waals surface area contributed by atoms with Crippen LogP contribution in [0.15, 0.2) is 109 Å². The second-order valence-electron chi connectivity index (χ2n) is 7.78. The number of carbonyl (C=O) groups is 1. The van der Waals surface area contributed by atoms with Crippen molar-refractivity contribution in [1.29, 1.82) is 0 Å². The van der Waals surface area contributed by atoms with Crippen molar-refractivity contribution in [3.8, 4) is 0 Å². The third-order valence-electron chi connectivity index (χ3n) is 5.30. The van der Waals surface area contributed by atoms with Crippen LogP contribution < -0.4 is 16.0 Å². The van der Waals surface area contributed by atoms with Crippen LogP contribution in [0.2, 0.25) is 0 Å². The lowest BCUT2D eigenvalue weighted by Crippen LogP contribution is -2.11. The van der Waals surface area contributed by atoms with Crippen LogP contribution in [0.4, 0.5) is 22.9 Å². The molecule has 166 valence electrons. The Hall–Kier alpha value is -4.78. The van der Waals surface area contributed by atoms with E-state index in [0.717, 1.165) is 33.5 Å². The summed E-state index contributed by atoms with van der Waals surface area (Å²) < 4.78 is 1.96. The summed E-state index contributed by atoms with van der Waals surface area (Å²) in [5, 5.41) is 8.03. The van der Waals surface area contributed by atoms with Gasteiger partial charge in [0.15, 0.2) is 0 Å². The molecule has 0 saturated heterocycles. The molecular formula is C27H22N6O. The molecule has 0 radical (unpaired) electrons. The molecule has 5 rings (SSSR count). The largest absolute Gasteiger partial charge is 0.357 e. The van der Waals surface area contributed by atoms with Crippen molar-refractivity contribution >= 4 is 39.7 Å². The molecule has 3 aromatic carbocycles. The first-order valence-electron chi connectivity index (χ1n) is 10.8. The summed E-state index contributed by atoms with van der Waals surface area (Å²) in [7, 11) is 1.96. The van der Waals surface area contributed by atoms with E-state index in [-0.39, 0.29) is 5.91 Å². The number of fused-ring (bicyclic) bond motifs is 1. The Morgan fingerprint density at radius 2 is 1.53 bits per heavy atom. The van der Waals surface area contributed by atoms with Crippen LogP contribution in [0, 0.1) is 0 Å². The van der Waals surface area contributed by atoms with E-state index in [1.807, 2.05) is 96.8 Å². The molecule has 0 unspecified atom stereocenters. The van der Waals surface area contributed by atoms with E-state index in [2.05, 4.69) is 25.6 Å². The van der Waals surface area contributed by atoms with Crippen LogP contribution in [0.5, 0.6) is 0 Å².